The first-order valence-electron chi connectivity index (χ1n) is 8.28. The van der Waals surface area contributed by atoms with Crippen molar-refractivity contribution in [2.45, 2.75) is 19.8 Å². The zero-order chi connectivity index (χ0) is 14.9. The maximum Gasteiger partial charge on any atom is 0.137 e. The highest BCUT2D eigenvalue weighted by Gasteiger charge is 2.19. The van der Waals surface area contributed by atoms with Crippen LogP contribution >= 0.6 is 0 Å². The fraction of sp³-hybridized carbons (Fsp3) is 0.647. The summed E-state index contributed by atoms with van der Waals surface area (Å²) in [7, 11) is 2.28. The molecular formula is C17H30N2O2+2. The van der Waals surface area contributed by atoms with E-state index in [-0.39, 0.29) is 0 Å². The molecule has 1 fully saturated rings. The van der Waals surface area contributed by atoms with E-state index in [1.807, 2.05) is 24.3 Å². The minimum absolute atomic E-state index is 0.785. The summed E-state index contributed by atoms with van der Waals surface area (Å²) in [5, 5.41) is 0. The molecule has 21 heavy (non-hydrogen) atoms. The van der Waals surface area contributed by atoms with Gasteiger partial charge < -0.3 is 19.3 Å². The first kappa shape index (κ1) is 16.1. The maximum absolute atomic E-state index is 5.87. The smallest absolute Gasteiger partial charge is 0.137 e. The number of hydrogen-bond donors (Lipinski definition) is 2. The second kappa shape index (κ2) is 8.90. The van der Waals surface area contributed by atoms with Crippen LogP contribution in [0.3, 0.4) is 0 Å². The number of hydrogen-bond acceptors (Lipinski definition) is 2. The van der Waals surface area contributed by atoms with E-state index < -0.39 is 0 Å². The Morgan fingerprint density at radius 3 is 2.33 bits per heavy atom. The number of unbranched alkanes of at least 4 members (excludes halogenated alkanes) is 1. The molecule has 1 heterocycles. The molecule has 1 aromatic carbocycles. The Morgan fingerprint density at radius 1 is 1.00 bits per heavy atom. The van der Waals surface area contributed by atoms with E-state index in [1.54, 1.807) is 9.80 Å². The molecule has 1 aromatic rings. The van der Waals surface area contributed by atoms with Gasteiger partial charge in [0.2, 0.25) is 0 Å². The molecule has 0 amide bonds. The standard InChI is InChI=1S/C17H28N2O2/c1-3-4-13-20-16-6-5-7-17(15-16)21-14-12-19-10-8-18(2)9-11-19/h5-7,15H,3-4,8-14H2,1-2H3/p+2. The molecule has 0 radical (unpaired) electrons. The van der Waals surface area contributed by atoms with Gasteiger partial charge in [-0.25, -0.2) is 0 Å². The molecule has 2 N–H and O–H groups in total. The minimum atomic E-state index is 0.785. The van der Waals surface area contributed by atoms with Crippen molar-refractivity contribution in [2.75, 3.05) is 53.0 Å². The fourth-order valence-corrected chi connectivity index (χ4v) is 2.58. The Balaban J connectivity index is 1.69. The lowest BCUT2D eigenvalue weighted by Crippen LogP contribution is -3.27. The highest BCUT2D eigenvalue weighted by Crippen LogP contribution is 2.19. The van der Waals surface area contributed by atoms with Crippen molar-refractivity contribution in [3.8, 4) is 11.5 Å². The van der Waals surface area contributed by atoms with Gasteiger partial charge in [0.25, 0.3) is 0 Å². The van der Waals surface area contributed by atoms with Gasteiger partial charge in [0.1, 0.15) is 50.8 Å². The Labute approximate surface area is 128 Å². The average molecular weight is 294 g/mol. The molecule has 0 saturated carbocycles. The lowest BCUT2D eigenvalue weighted by Gasteiger charge is -2.27. The fourth-order valence-electron chi connectivity index (χ4n) is 2.58. The number of nitrogens with one attached hydrogen (secondary N) is 2. The van der Waals surface area contributed by atoms with Gasteiger partial charge in [0.15, 0.2) is 0 Å². The number of likely N-dealkylation sites (N-methyl/N-ethyl adjacent to an activating group) is 1. The minimum Gasteiger partial charge on any atom is -0.493 e. The monoisotopic (exact) mass is 294 g/mol. The van der Waals surface area contributed by atoms with Crippen molar-refractivity contribution in [1.29, 1.82) is 0 Å². The van der Waals surface area contributed by atoms with Crippen LogP contribution in [0.15, 0.2) is 24.3 Å². The third kappa shape index (κ3) is 5.94. The van der Waals surface area contributed by atoms with E-state index >= 15 is 0 Å². The van der Waals surface area contributed by atoms with Crippen LogP contribution in [0.1, 0.15) is 19.8 Å². The number of benzene rings is 1. The summed E-state index contributed by atoms with van der Waals surface area (Å²) in [5.74, 6) is 1.83. The Kier molecular flexibility index (Phi) is 6.83. The van der Waals surface area contributed by atoms with E-state index in [2.05, 4.69) is 14.0 Å². The van der Waals surface area contributed by atoms with Gasteiger partial charge in [0.05, 0.1) is 13.7 Å². The second-order valence-electron chi connectivity index (χ2n) is 5.98. The highest BCUT2D eigenvalue weighted by atomic mass is 16.5. The summed E-state index contributed by atoms with van der Waals surface area (Å²) in [6.45, 7) is 9.90. The molecule has 4 heteroatoms. The van der Waals surface area contributed by atoms with Crippen molar-refractivity contribution in [3.63, 3.8) is 0 Å². The molecule has 0 aromatic heterocycles. The van der Waals surface area contributed by atoms with E-state index in [9.17, 15) is 0 Å². The zero-order valence-corrected chi connectivity index (χ0v) is 13.5. The third-order valence-electron chi connectivity index (χ3n) is 4.11. The SMILES string of the molecule is CCCCOc1cccc(OCC[NH+]2CC[NH+](C)CC2)c1. The predicted octanol–water partition coefficient (Wildman–Crippen LogP) is -0.342. The van der Waals surface area contributed by atoms with Crippen LogP contribution in [0.25, 0.3) is 0 Å². The molecule has 1 saturated heterocycles. The number of piperazine rings is 1. The first-order valence-corrected chi connectivity index (χ1v) is 8.28. The highest BCUT2D eigenvalue weighted by molar-refractivity contribution is 5.32. The van der Waals surface area contributed by atoms with Gasteiger partial charge in [-0.2, -0.15) is 0 Å². The van der Waals surface area contributed by atoms with Gasteiger partial charge in [0, 0.05) is 6.07 Å². The van der Waals surface area contributed by atoms with E-state index in [4.69, 9.17) is 9.47 Å². The van der Waals surface area contributed by atoms with E-state index in [1.165, 1.54) is 26.2 Å². The Bertz CT molecular complexity index is 404. The Morgan fingerprint density at radius 2 is 1.67 bits per heavy atom. The molecule has 0 atom stereocenters. The quantitative estimate of drug-likeness (QED) is 0.642. The first-order chi connectivity index (χ1) is 10.3. The summed E-state index contributed by atoms with van der Waals surface area (Å²) < 4.78 is 11.6. The zero-order valence-electron chi connectivity index (χ0n) is 13.5. The molecule has 2 rings (SSSR count). The van der Waals surface area contributed by atoms with Gasteiger partial charge in [-0.15, -0.1) is 0 Å². The van der Waals surface area contributed by atoms with Gasteiger partial charge in [-0.05, 0) is 18.6 Å². The third-order valence-corrected chi connectivity index (χ3v) is 4.11. The van der Waals surface area contributed by atoms with Crippen LogP contribution < -0.4 is 19.3 Å². The summed E-state index contributed by atoms with van der Waals surface area (Å²) in [5.41, 5.74) is 0. The van der Waals surface area contributed by atoms with Crippen molar-refractivity contribution in [2.24, 2.45) is 0 Å². The van der Waals surface area contributed by atoms with Crippen LogP contribution in [0.5, 0.6) is 11.5 Å². The summed E-state index contributed by atoms with van der Waals surface area (Å²) in [6, 6.07) is 8.01. The number of quaternary nitrogens is 2. The van der Waals surface area contributed by atoms with E-state index in [0.29, 0.717) is 0 Å². The van der Waals surface area contributed by atoms with Crippen LogP contribution in [0.4, 0.5) is 0 Å². The lowest BCUT2D eigenvalue weighted by atomic mass is 10.3. The maximum atomic E-state index is 5.87. The molecule has 1 aliphatic rings. The molecule has 0 aliphatic carbocycles. The summed E-state index contributed by atoms with van der Waals surface area (Å²) in [6.07, 6.45) is 2.26. The largest absolute Gasteiger partial charge is 0.493 e. The molecule has 0 bridgehead atoms. The number of rotatable bonds is 8. The molecule has 4 nitrogen and oxygen atoms in total. The van der Waals surface area contributed by atoms with Crippen molar-refractivity contribution in [1.82, 2.24) is 0 Å². The normalized spacial score (nSPS) is 22.0. The molecule has 1 aliphatic heterocycles. The van der Waals surface area contributed by atoms with Crippen LogP contribution in [0, 0.1) is 0 Å². The predicted molar refractivity (Wildman–Crippen MR) is 84.5 cm³/mol. The van der Waals surface area contributed by atoms with E-state index in [0.717, 1.165) is 44.1 Å². The van der Waals surface area contributed by atoms with Crippen molar-refractivity contribution in [3.05, 3.63) is 24.3 Å². The average Bonchev–Trinajstić information content (AvgIpc) is 2.50. The lowest BCUT2D eigenvalue weighted by molar-refractivity contribution is -1.00. The molecule has 118 valence electrons. The summed E-state index contributed by atoms with van der Waals surface area (Å²) >= 11 is 0. The second-order valence-corrected chi connectivity index (χ2v) is 5.98. The van der Waals surface area contributed by atoms with Gasteiger partial charge in [-0.1, -0.05) is 19.4 Å². The van der Waals surface area contributed by atoms with Gasteiger partial charge >= 0.3 is 0 Å². The van der Waals surface area contributed by atoms with Crippen LogP contribution in [-0.4, -0.2) is 53.0 Å². The number of ether oxygens (including phenoxy) is 2. The molecular weight excluding hydrogens is 264 g/mol. The van der Waals surface area contributed by atoms with Crippen LogP contribution in [-0.2, 0) is 0 Å². The van der Waals surface area contributed by atoms with Gasteiger partial charge in [-0.3, -0.25) is 0 Å². The molecule has 0 unspecified atom stereocenters. The molecule has 0 spiro atoms. The Hall–Kier alpha value is -1.26. The van der Waals surface area contributed by atoms with Crippen LogP contribution in [0.2, 0.25) is 0 Å². The van der Waals surface area contributed by atoms with Crippen molar-refractivity contribution >= 4 is 0 Å². The van der Waals surface area contributed by atoms with Crippen molar-refractivity contribution < 1.29 is 19.3 Å². The summed E-state index contributed by atoms with van der Waals surface area (Å²) in [4.78, 5) is 3.31. The topological polar surface area (TPSA) is 27.3 Å².